The second kappa shape index (κ2) is 15.1. The van der Waals surface area contributed by atoms with Crippen LogP contribution in [0.1, 0.15) is 173 Å². The molecule has 0 heteroatoms. The molecule has 0 amide bonds. The fourth-order valence-electron chi connectivity index (χ4n) is 8.86. The van der Waals surface area contributed by atoms with Crippen molar-refractivity contribution in [2.24, 2.45) is 35.5 Å². The fraction of sp³-hybridized carbons (Fsp3) is 0.838. The normalized spacial score (nSPS) is 32.6. The van der Waals surface area contributed by atoms with Gasteiger partial charge in [0.1, 0.15) is 0 Å². The Bertz CT molecular complexity index is 722. The molecular formula is C37H62. The average Bonchev–Trinajstić information content (AvgIpc) is 2.96. The Hall–Kier alpha value is -0.780. The van der Waals surface area contributed by atoms with Gasteiger partial charge in [-0.25, -0.2) is 0 Å². The monoisotopic (exact) mass is 506 g/mol. The smallest absolute Gasteiger partial charge is 0.0162 e. The molecule has 3 aliphatic rings. The summed E-state index contributed by atoms with van der Waals surface area (Å²) in [6.45, 7) is 9.83. The SMILES string of the molecule is CCCCCC1CCC(c2ccc(C(C)C3CCC(C(C)C4CCC(CCCC)CC4)CC3)cc2)CC1. The second-order valence-corrected chi connectivity index (χ2v) is 14.1. The van der Waals surface area contributed by atoms with E-state index in [2.05, 4.69) is 52.0 Å². The van der Waals surface area contributed by atoms with E-state index in [1.54, 1.807) is 11.1 Å². The van der Waals surface area contributed by atoms with Gasteiger partial charge in [0.2, 0.25) is 0 Å². The van der Waals surface area contributed by atoms with Crippen molar-refractivity contribution in [3.8, 4) is 0 Å². The van der Waals surface area contributed by atoms with Crippen LogP contribution in [-0.4, -0.2) is 0 Å². The van der Waals surface area contributed by atoms with Gasteiger partial charge in [0, 0.05) is 0 Å². The Morgan fingerprint density at radius 2 is 1.05 bits per heavy atom. The molecule has 0 aromatic heterocycles. The van der Waals surface area contributed by atoms with E-state index in [9.17, 15) is 0 Å². The average molecular weight is 507 g/mol. The molecule has 1 aromatic carbocycles. The van der Waals surface area contributed by atoms with Crippen molar-refractivity contribution < 1.29 is 0 Å². The lowest BCUT2D eigenvalue weighted by atomic mass is 9.65. The van der Waals surface area contributed by atoms with Crippen LogP contribution in [0.5, 0.6) is 0 Å². The second-order valence-electron chi connectivity index (χ2n) is 14.1. The highest BCUT2D eigenvalue weighted by molar-refractivity contribution is 5.28. The zero-order valence-corrected chi connectivity index (χ0v) is 25.4. The van der Waals surface area contributed by atoms with E-state index in [1.165, 1.54) is 122 Å². The number of rotatable bonds is 12. The highest BCUT2D eigenvalue weighted by atomic mass is 14.4. The first-order chi connectivity index (χ1) is 18.1. The van der Waals surface area contributed by atoms with Gasteiger partial charge in [-0.05, 0) is 123 Å². The molecule has 0 nitrogen and oxygen atoms in total. The molecule has 0 saturated heterocycles. The summed E-state index contributed by atoms with van der Waals surface area (Å²) in [6, 6.07) is 10.1. The Balaban J connectivity index is 1.18. The van der Waals surface area contributed by atoms with Crippen molar-refractivity contribution in [1.29, 1.82) is 0 Å². The zero-order chi connectivity index (χ0) is 26.0. The van der Waals surface area contributed by atoms with Crippen LogP contribution in [0.3, 0.4) is 0 Å². The van der Waals surface area contributed by atoms with E-state index in [0.717, 1.165) is 47.3 Å². The van der Waals surface area contributed by atoms with Crippen molar-refractivity contribution >= 4 is 0 Å². The van der Waals surface area contributed by atoms with Gasteiger partial charge in [-0.1, -0.05) is 110 Å². The summed E-state index contributed by atoms with van der Waals surface area (Å²) >= 11 is 0. The molecule has 210 valence electrons. The molecule has 3 saturated carbocycles. The maximum absolute atomic E-state index is 2.63. The molecule has 2 unspecified atom stereocenters. The molecule has 0 aliphatic heterocycles. The predicted octanol–water partition coefficient (Wildman–Crippen LogP) is 12.1. The Morgan fingerprint density at radius 1 is 0.568 bits per heavy atom. The van der Waals surface area contributed by atoms with Crippen molar-refractivity contribution in [3.05, 3.63) is 35.4 Å². The summed E-state index contributed by atoms with van der Waals surface area (Å²) in [4.78, 5) is 0. The standard InChI is InChI=1S/C37H62/c1-5-7-9-11-31-14-18-36(19-15-31)37-26-24-35(25-27-37)29(4)34-22-20-33(21-23-34)28(3)32-16-12-30(13-17-32)10-8-6-2/h24-34,36H,5-23H2,1-4H3. The third-order valence-electron chi connectivity index (χ3n) is 11.9. The molecule has 0 bridgehead atoms. The summed E-state index contributed by atoms with van der Waals surface area (Å²) in [5, 5.41) is 0. The van der Waals surface area contributed by atoms with Gasteiger partial charge in [0.05, 0.1) is 0 Å². The highest BCUT2D eigenvalue weighted by Crippen LogP contribution is 2.46. The quantitative estimate of drug-likeness (QED) is 0.247. The molecule has 0 spiro atoms. The van der Waals surface area contributed by atoms with E-state index in [4.69, 9.17) is 0 Å². The van der Waals surface area contributed by atoms with Crippen LogP contribution in [0.4, 0.5) is 0 Å². The lowest BCUT2D eigenvalue weighted by Gasteiger charge is -2.40. The van der Waals surface area contributed by atoms with Crippen LogP contribution in [0, 0.1) is 35.5 Å². The predicted molar refractivity (Wildman–Crippen MR) is 163 cm³/mol. The fourth-order valence-corrected chi connectivity index (χ4v) is 8.86. The lowest BCUT2D eigenvalue weighted by molar-refractivity contribution is 0.118. The van der Waals surface area contributed by atoms with Gasteiger partial charge >= 0.3 is 0 Å². The van der Waals surface area contributed by atoms with Crippen molar-refractivity contribution in [2.75, 3.05) is 0 Å². The van der Waals surface area contributed by atoms with Gasteiger partial charge in [-0.15, -0.1) is 0 Å². The Morgan fingerprint density at radius 3 is 1.62 bits per heavy atom. The van der Waals surface area contributed by atoms with Gasteiger partial charge in [-0.3, -0.25) is 0 Å². The van der Waals surface area contributed by atoms with Gasteiger partial charge in [-0.2, -0.15) is 0 Å². The van der Waals surface area contributed by atoms with E-state index in [0.29, 0.717) is 0 Å². The van der Waals surface area contributed by atoms with Crippen LogP contribution in [0.2, 0.25) is 0 Å². The van der Waals surface area contributed by atoms with Crippen LogP contribution in [0.25, 0.3) is 0 Å². The third-order valence-corrected chi connectivity index (χ3v) is 11.9. The van der Waals surface area contributed by atoms with Crippen molar-refractivity contribution in [3.63, 3.8) is 0 Å². The summed E-state index contributed by atoms with van der Waals surface area (Å²) in [7, 11) is 0. The molecule has 37 heavy (non-hydrogen) atoms. The molecular weight excluding hydrogens is 444 g/mol. The number of benzene rings is 1. The number of unbranched alkanes of at least 4 members (excludes halogenated alkanes) is 3. The first-order valence-corrected chi connectivity index (χ1v) is 17.2. The van der Waals surface area contributed by atoms with Crippen LogP contribution >= 0.6 is 0 Å². The molecule has 3 fully saturated rings. The van der Waals surface area contributed by atoms with Gasteiger partial charge in [0.15, 0.2) is 0 Å². The van der Waals surface area contributed by atoms with Crippen molar-refractivity contribution in [1.82, 2.24) is 0 Å². The molecule has 3 aliphatic carbocycles. The molecule has 4 rings (SSSR count). The van der Waals surface area contributed by atoms with E-state index < -0.39 is 0 Å². The molecule has 0 radical (unpaired) electrons. The van der Waals surface area contributed by atoms with Crippen LogP contribution < -0.4 is 0 Å². The summed E-state index contributed by atoms with van der Waals surface area (Å²) in [5.41, 5.74) is 3.24. The minimum Gasteiger partial charge on any atom is -0.0654 e. The third kappa shape index (κ3) is 8.35. The first-order valence-electron chi connectivity index (χ1n) is 17.2. The van der Waals surface area contributed by atoms with Gasteiger partial charge in [0.25, 0.3) is 0 Å². The van der Waals surface area contributed by atoms with E-state index in [-0.39, 0.29) is 0 Å². The highest BCUT2D eigenvalue weighted by Gasteiger charge is 2.33. The first kappa shape index (κ1) is 29.2. The minimum atomic E-state index is 0.730. The Kier molecular flexibility index (Phi) is 11.9. The van der Waals surface area contributed by atoms with Crippen molar-refractivity contribution in [2.45, 2.75) is 162 Å². The minimum absolute atomic E-state index is 0.730. The largest absolute Gasteiger partial charge is 0.0654 e. The maximum Gasteiger partial charge on any atom is -0.0162 e. The summed E-state index contributed by atoms with van der Waals surface area (Å²) < 4.78 is 0. The van der Waals surface area contributed by atoms with Crippen LogP contribution in [-0.2, 0) is 0 Å². The van der Waals surface area contributed by atoms with Gasteiger partial charge < -0.3 is 0 Å². The lowest BCUT2D eigenvalue weighted by Crippen LogP contribution is -2.29. The zero-order valence-electron chi connectivity index (χ0n) is 25.4. The van der Waals surface area contributed by atoms with Crippen LogP contribution in [0.15, 0.2) is 24.3 Å². The maximum atomic E-state index is 2.63. The van der Waals surface area contributed by atoms with E-state index >= 15 is 0 Å². The number of hydrogen-bond donors (Lipinski definition) is 0. The van der Waals surface area contributed by atoms with E-state index in [1.807, 2.05) is 0 Å². The summed E-state index contributed by atoms with van der Waals surface area (Å²) in [5.74, 6) is 7.51. The molecule has 2 atom stereocenters. The molecule has 1 aromatic rings. The molecule has 0 heterocycles. The Labute approximate surface area is 232 Å². The molecule has 0 N–H and O–H groups in total. The summed E-state index contributed by atoms with van der Waals surface area (Å²) in [6.07, 6.45) is 27.9. The number of hydrogen-bond acceptors (Lipinski definition) is 0. The topological polar surface area (TPSA) is 0 Å².